The number of pyridine rings is 1. The van der Waals surface area contributed by atoms with Crippen LogP contribution in [-0.2, 0) is 16.6 Å². The smallest absolute Gasteiger partial charge is 0.240 e. The lowest BCUT2D eigenvalue weighted by atomic mass is 10.5. The molecular formula is C11H15N5O2S. The van der Waals surface area contributed by atoms with Crippen LogP contribution in [0.15, 0.2) is 41.7 Å². The number of sulfonamides is 1. The zero-order valence-corrected chi connectivity index (χ0v) is 11.3. The molecule has 0 radical (unpaired) electrons. The molecule has 0 saturated carbocycles. The highest BCUT2D eigenvalue weighted by molar-refractivity contribution is 7.89. The van der Waals surface area contributed by atoms with Crippen LogP contribution in [0.4, 0.5) is 5.82 Å². The van der Waals surface area contributed by atoms with Crippen LogP contribution in [-0.4, -0.2) is 36.8 Å². The molecule has 0 saturated heterocycles. The van der Waals surface area contributed by atoms with Gasteiger partial charge in [0.2, 0.25) is 10.0 Å². The molecule has 0 aliphatic heterocycles. The van der Waals surface area contributed by atoms with E-state index in [0.29, 0.717) is 12.4 Å². The number of anilines is 1. The maximum absolute atomic E-state index is 12.0. The zero-order chi connectivity index (χ0) is 13.7. The number of hydrogen-bond donors (Lipinski definition) is 2. The Morgan fingerprint density at radius 3 is 2.89 bits per heavy atom. The zero-order valence-electron chi connectivity index (χ0n) is 10.4. The topological polar surface area (TPSA) is 88.9 Å². The van der Waals surface area contributed by atoms with Gasteiger partial charge in [-0.15, -0.1) is 0 Å². The van der Waals surface area contributed by atoms with Crippen molar-refractivity contribution in [2.75, 3.05) is 18.9 Å². The lowest BCUT2D eigenvalue weighted by Gasteiger charge is -2.08. The van der Waals surface area contributed by atoms with E-state index in [4.69, 9.17) is 0 Å². The van der Waals surface area contributed by atoms with Crippen molar-refractivity contribution in [3.63, 3.8) is 0 Å². The second kappa shape index (κ2) is 5.81. The molecule has 0 aliphatic rings. The van der Waals surface area contributed by atoms with E-state index in [9.17, 15) is 8.42 Å². The Kier molecular flexibility index (Phi) is 4.13. The fraction of sp³-hybridized carbons (Fsp3) is 0.273. The Labute approximate surface area is 111 Å². The van der Waals surface area contributed by atoms with Gasteiger partial charge >= 0.3 is 0 Å². The summed E-state index contributed by atoms with van der Waals surface area (Å²) in [5, 5.41) is 6.80. The van der Waals surface area contributed by atoms with Crippen LogP contribution in [0.1, 0.15) is 0 Å². The van der Waals surface area contributed by atoms with Crippen molar-refractivity contribution in [1.29, 1.82) is 0 Å². The van der Waals surface area contributed by atoms with Gasteiger partial charge in [0.25, 0.3) is 0 Å². The van der Waals surface area contributed by atoms with Gasteiger partial charge in [-0.05, 0) is 12.1 Å². The van der Waals surface area contributed by atoms with E-state index >= 15 is 0 Å². The first-order valence-electron chi connectivity index (χ1n) is 5.73. The van der Waals surface area contributed by atoms with Crippen LogP contribution < -0.4 is 10.0 Å². The van der Waals surface area contributed by atoms with E-state index < -0.39 is 10.0 Å². The summed E-state index contributed by atoms with van der Waals surface area (Å²) in [6, 6.07) is 4.73. The number of nitrogens with zero attached hydrogens (tertiary/aromatic N) is 3. The number of hydrogen-bond acceptors (Lipinski definition) is 5. The maximum atomic E-state index is 12.0. The fourth-order valence-electron chi connectivity index (χ4n) is 1.53. The van der Waals surface area contributed by atoms with Crippen molar-refractivity contribution < 1.29 is 8.42 Å². The summed E-state index contributed by atoms with van der Waals surface area (Å²) in [5.41, 5.74) is 0. The molecule has 8 heteroatoms. The normalized spacial score (nSPS) is 11.4. The second-order valence-corrected chi connectivity index (χ2v) is 5.56. The molecule has 0 bridgehead atoms. The van der Waals surface area contributed by atoms with Crippen LogP contribution in [0, 0.1) is 0 Å². The van der Waals surface area contributed by atoms with Gasteiger partial charge in [0.1, 0.15) is 5.82 Å². The van der Waals surface area contributed by atoms with Crippen LogP contribution in [0.2, 0.25) is 0 Å². The Morgan fingerprint density at radius 1 is 1.37 bits per heavy atom. The highest BCUT2D eigenvalue weighted by Crippen LogP contribution is 2.11. The fourth-order valence-corrected chi connectivity index (χ4v) is 2.56. The molecule has 0 amide bonds. The lowest BCUT2D eigenvalue weighted by molar-refractivity contribution is 0.561. The van der Waals surface area contributed by atoms with Gasteiger partial charge in [0.15, 0.2) is 0 Å². The molecule has 0 aliphatic carbocycles. The Hall–Kier alpha value is -1.93. The monoisotopic (exact) mass is 281 g/mol. The lowest BCUT2D eigenvalue weighted by Crippen LogP contribution is -2.27. The Balaban J connectivity index is 2.01. The van der Waals surface area contributed by atoms with Gasteiger partial charge in [-0.2, -0.15) is 5.10 Å². The van der Waals surface area contributed by atoms with Crippen LogP contribution in [0.3, 0.4) is 0 Å². The third-order valence-electron chi connectivity index (χ3n) is 2.49. The van der Waals surface area contributed by atoms with E-state index in [-0.39, 0.29) is 11.4 Å². The van der Waals surface area contributed by atoms with E-state index in [1.165, 1.54) is 18.3 Å². The SMILES string of the molecule is CNc1cc(S(=O)(=O)NCCn2cccn2)ccn1. The highest BCUT2D eigenvalue weighted by atomic mass is 32.2. The molecule has 0 atom stereocenters. The minimum Gasteiger partial charge on any atom is -0.373 e. The third kappa shape index (κ3) is 3.52. The molecule has 0 unspecified atom stereocenters. The van der Waals surface area contributed by atoms with E-state index in [1.54, 1.807) is 30.2 Å². The summed E-state index contributed by atoms with van der Waals surface area (Å²) in [4.78, 5) is 4.16. The largest absolute Gasteiger partial charge is 0.373 e. The number of nitrogens with one attached hydrogen (secondary N) is 2. The predicted molar refractivity (Wildman–Crippen MR) is 71.2 cm³/mol. The first-order chi connectivity index (χ1) is 9.12. The van der Waals surface area contributed by atoms with Crippen LogP contribution in [0.25, 0.3) is 0 Å². The third-order valence-corrected chi connectivity index (χ3v) is 3.95. The Bertz CT molecular complexity index is 624. The second-order valence-electron chi connectivity index (χ2n) is 3.79. The molecule has 0 spiro atoms. The molecule has 7 nitrogen and oxygen atoms in total. The number of rotatable bonds is 6. The average molecular weight is 281 g/mol. The van der Waals surface area contributed by atoms with Gasteiger partial charge in [-0.3, -0.25) is 4.68 Å². The van der Waals surface area contributed by atoms with Crippen molar-refractivity contribution >= 4 is 15.8 Å². The first kappa shape index (κ1) is 13.5. The summed E-state index contributed by atoms with van der Waals surface area (Å²) in [5.74, 6) is 0.509. The standard InChI is InChI=1S/C11H15N5O2S/c1-12-11-9-10(3-5-13-11)19(17,18)15-6-8-16-7-2-4-14-16/h2-5,7,9,15H,6,8H2,1H3,(H,12,13). The predicted octanol–water partition coefficient (Wildman–Crippen LogP) is 0.298. The summed E-state index contributed by atoms with van der Waals surface area (Å²) in [6.07, 6.45) is 4.88. The molecule has 2 N–H and O–H groups in total. The molecule has 2 rings (SSSR count). The minimum absolute atomic E-state index is 0.187. The minimum atomic E-state index is -3.52. The molecular weight excluding hydrogens is 266 g/mol. The van der Waals surface area contributed by atoms with Crippen LogP contribution in [0.5, 0.6) is 0 Å². The van der Waals surface area contributed by atoms with Gasteiger partial charge in [0.05, 0.1) is 11.4 Å². The van der Waals surface area contributed by atoms with E-state index in [2.05, 4.69) is 20.1 Å². The highest BCUT2D eigenvalue weighted by Gasteiger charge is 2.13. The molecule has 0 aromatic carbocycles. The molecule has 2 aromatic rings. The van der Waals surface area contributed by atoms with Gasteiger partial charge in [0, 0.05) is 38.2 Å². The average Bonchev–Trinajstić information content (AvgIpc) is 2.92. The van der Waals surface area contributed by atoms with E-state index in [0.717, 1.165) is 0 Å². The van der Waals surface area contributed by atoms with Crippen molar-refractivity contribution in [1.82, 2.24) is 19.5 Å². The van der Waals surface area contributed by atoms with Crippen molar-refractivity contribution in [2.45, 2.75) is 11.4 Å². The molecule has 19 heavy (non-hydrogen) atoms. The van der Waals surface area contributed by atoms with Gasteiger partial charge < -0.3 is 5.32 Å². The first-order valence-corrected chi connectivity index (χ1v) is 7.21. The Morgan fingerprint density at radius 2 is 2.21 bits per heavy atom. The number of aromatic nitrogens is 3. The summed E-state index contributed by atoms with van der Waals surface area (Å²) in [7, 11) is -1.83. The molecule has 2 aromatic heterocycles. The van der Waals surface area contributed by atoms with Crippen molar-refractivity contribution in [3.05, 3.63) is 36.8 Å². The van der Waals surface area contributed by atoms with Gasteiger partial charge in [-0.25, -0.2) is 18.1 Å². The summed E-state index contributed by atoms with van der Waals surface area (Å²) in [6.45, 7) is 0.761. The summed E-state index contributed by atoms with van der Waals surface area (Å²) < 4.78 is 28.2. The van der Waals surface area contributed by atoms with Crippen LogP contribution >= 0.6 is 0 Å². The van der Waals surface area contributed by atoms with Crippen molar-refractivity contribution in [3.8, 4) is 0 Å². The van der Waals surface area contributed by atoms with Gasteiger partial charge in [-0.1, -0.05) is 0 Å². The molecule has 2 heterocycles. The summed E-state index contributed by atoms with van der Waals surface area (Å²) >= 11 is 0. The quantitative estimate of drug-likeness (QED) is 0.795. The molecule has 0 fully saturated rings. The maximum Gasteiger partial charge on any atom is 0.240 e. The van der Waals surface area contributed by atoms with Crippen molar-refractivity contribution in [2.24, 2.45) is 0 Å². The molecule has 102 valence electrons. The van der Waals surface area contributed by atoms with E-state index in [1.807, 2.05) is 0 Å².